The van der Waals surface area contributed by atoms with Gasteiger partial charge in [0.05, 0.1) is 5.71 Å². The van der Waals surface area contributed by atoms with Gasteiger partial charge < -0.3 is 4.84 Å². The molecule has 1 atom stereocenters. The highest BCUT2D eigenvalue weighted by Gasteiger charge is 2.23. The molecule has 1 aromatic carbocycles. The summed E-state index contributed by atoms with van der Waals surface area (Å²) in [5.41, 5.74) is 3.19. The van der Waals surface area contributed by atoms with E-state index in [0.29, 0.717) is 0 Å². The van der Waals surface area contributed by atoms with Crippen LogP contribution in [0.25, 0.3) is 0 Å². The standard InChI is InChI=1S/C14H11N2O/c1-2-4-12(5-3-1)14-10-13(16-17-14)11-6-8-15-9-7-11/h2-9,14H,10H2. The van der Waals surface area contributed by atoms with Gasteiger partial charge in [-0.3, -0.25) is 4.98 Å². The normalized spacial score (nSPS) is 18.6. The highest BCUT2D eigenvalue weighted by molar-refractivity contribution is 6.01. The molecule has 1 aliphatic rings. The van der Waals surface area contributed by atoms with E-state index in [1.165, 1.54) is 0 Å². The van der Waals surface area contributed by atoms with E-state index in [2.05, 4.69) is 16.2 Å². The van der Waals surface area contributed by atoms with Crippen LogP contribution in [0, 0.1) is 6.07 Å². The fourth-order valence-electron chi connectivity index (χ4n) is 1.89. The lowest BCUT2D eigenvalue weighted by molar-refractivity contribution is 0.0857. The van der Waals surface area contributed by atoms with Crippen LogP contribution in [-0.4, -0.2) is 10.7 Å². The lowest BCUT2D eigenvalue weighted by Gasteiger charge is -2.07. The first-order valence-electron chi connectivity index (χ1n) is 5.52. The van der Waals surface area contributed by atoms with Gasteiger partial charge in [-0.1, -0.05) is 29.4 Å². The molecule has 1 radical (unpaired) electrons. The first kappa shape index (κ1) is 10.0. The van der Waals surface area contributed by atoms with E-state index >= 15 is 0 Å². The average molecular weight is 223 g/mol. The molecule has 0 bridgehead atoms. The summed E-state index contributed by atoms with van der Waals surface area (Å²) in [6.07, 6.45) is 4.35. The summed E-state index contributed by atoms with van der Waals surface area (Å²) in [7, 11) is 0. The third-order valence-corrected chi connectivity index (χ3v) is 2.80. The predicted molar refractivity (Wildman–Crippen MR) is 64.5 cm³/mol. The summed E-state index contributed by atoms with van der Waals surface area (Å²) in [5, 5.41) is 4.14. The lowest BCUT2D eigenvalue weighted by atomic mass is 10.0. The van der Waals surface area contributed by atoms with Crippen LogP contribution in [0.2, 0.25) is 0 Å². The molecule has 1 aliphatic heterocycles. The second-order valence-electron chi connectivity index (χ2n) is 3.91. The highest BCUT2D eigenvalue weighted by atomic mass is 16.6. The van der Waals surface area contributed by atoms with E-state index in [9.17, 15) is 0 Å². The van der Waals surface area contributed by atoms with Crippen molar-refractivity contribution in [2.45, 2.75) is 12.5 Å². The quantitative estimate of drug-likeness (QED) is 0.784. The number of pyridine rings is 1. The Kier molecular flexibility index (Phi) is 2.58. The monoisotopic (exact) mass is 223 g/mol. The summed E-state index contributed by atoms with van der Waals surface area (Å²) >= 11 is 0. The topological polar surface area (TPSA) is 34.5 Å². The number of oxime groups is 1. The second-order valence-corrected chi connectivity index (χ2v) is 3.91. The predicted octanol–water partition coefficient (Wildman–Crippen LogP) is 2.75. The number of benzene rings is 1. The van der Waals surface area contributed by atoms with Crippen LogP contribution in [0.5, 0.6) is 0 Å². The maximum atomic E-state index is 5.46. The minimum atomic E-state index is 0.0211. The maximum Gasteiger partial charge on any atom is 0.158 e. The van der Waals surface area contributed by atoms with Gasteiger partial charge in [0.2, 0.25) is 0 Å². The largest absolute Gasteiger partial charge is 0.387 e. The number of aromatic nitrogens is 1. The molecule has 0 fully saturated rings. The van der Waals surface area contributed by atoms with Crippen molar-refractivity contribution in [2.24, 2.45) is 5.16 Å². The summed E-state index contributed by atoms with van der Waals surface area (Å²) in [6, 6.07) is 14.7. The fraction of sp³-hybridized carbons (Fsp3) is 0.143. The van der Waals surface area contributed by atoms with E-state index in [1.807, 2.05) is 36.4 Å². The van der Waals surface area contributed by atoms with Crippen molar-refractivity contribution in [3.05, 3.63) is 66.0 Å². The fourth-order valence-corrected chi connectivity index (χ4v) is 1.89. The first-order chi connectivity index (χ1) is 8.43. The minimum absolute atomic E-state index is 0.0211. The molecule has 17 heavy (non-hydrogen) atoms. The van der Waals surface area contributed by atoms with Crippen molar-refractivity contribution in [1.82, 2.24) is 4.98 Å². The number of hydrogen-bond acceptors (Lipinski definition) is 3. The Morgan fingerprint density at radius 1 is 1.12 bits per heavy atom. The van der Waals surface area contributed by atoms with E-state index in [4.69, 9.17) is 4.84 Å². The van der Waals surface area contributed by atoms with Gasteiger partial charge in [-0.15, -0.1) is 0 Å². The van der Waals surface area contributed by atoms with E-state index in [1.54, 1.807) is 12.4 Å². The van der Waals surface area contributed by atoms with Crippen LogP contribution in [0.1, 0.15) is 23.7 Å². The molecule has 2 heterocycles. The number of nitrogens with zero attached hydrogens (tertiary/aromatic N) is 2. The molecule has 0 saturated heterocycles. The Labute approximate surface area is 99.8 Å². The molecule has 0 amide bonds. The van der Waals surface area contributed by atoms with Gasteiger partial charge in [-0.05, 0) is 23.8 Å². The van der Waals surface area contributed by atoms with E-state index in [0.717, 1.165) is 23.3 Å². The highest BCUT2D eigenvalue weighted by Crippen LogP contribution is 2.28. The van der Waals surface area contributed by atoms with Crippen LogP contribution in [0.4, 0.5) is 0 Å². The third kappa shape index (κ3) is 2.04. The summed E-state index contributed by atoms with van der Waals surface area (Å²) < 4.78 is 0. The molecule has 1 aromatic heterocycles. The zero-order chi connectivity index (χ0) is 11.5. The molecule has 2 aromatic rings. The van der Waals surface area contributed by atoms with Crippen LogP contribution < -0.4 is 0 Å². The van der Waals surface area contributed by atoms with Crippen LogP contribution >= 0.6 is 0 Å². The van der Waals surface area contributed by atoms with Crippen molar-refractivity contribution in [1.29, 1.82) is 0 Å². The smallest absolute Gasteiger partial charge is 0.158 e. The molecule has 0 spiro atoms. The summed E-state index contributed by atoms with van der Waals surface area (Å²) in [4.78, 5) is 9.45. The Balaban J connectivity index is 1.78. The molecular formula is C14H11N2O. The molecule has 3 heteroatoms. The van der Waals surface area contributed by atoms with E-state index in [-0.39, 0.29) is 6.10 Å². The van der Waals surface area contributed by atoms with E-state index < -0.39 is 0 Å². The maximum absolute atomic E-state index is 5.46. The van der Waals surface area contributed by atoms with Crippen molar-refractivity contribution in [3.8, 4) is 0 Å². The molecule has 0 saturated carbocycles. The number of hydrogen-bond donors (Lipinski definition) is 0. The Hall–Kier alpha value is -2.16. The summed E-state index contributed by atoms with van der Waals surface area (Å²) in [6.45, 7) is 0. The molecule has 0 N–H and O–H groups in total. The van der Waals surface area contributed by atoms with Crippen molar-refractivity contribution in [2.75, 3.05) is 0 Å². The second kappa shape index (κ2) is 4.37. The number of rotatable bonds is 2. The molecule has 83 valence electrons. The van der Waals surface area contributed by atoms with Crippen molar-refractivity contribution >= 4 is 5.71 Å². The van der Waals surface area contributed by atoms with Crippen LogP contribution in [0.15, 0.2) is 53.9 Å². The van der Waals surface area contributed by atoms with Gasteiger partial charge in [0.25, 0.3) is 0 Å². The van der Waals surface area contributed by atoms with Gasteiger partial charge in [0.15, 0.2) is 6.10 Å². The lowest BCUT2D eigenvalue weighted by Crippen LogP contribution is -2.01. The first-order valence-corrected chi connectivity index (χ1v) is 5.52. The third-order valence-electron chi connectivity index (χ3n) is 2.80. The molecule has 0 aliphatic carbocycles. The molecule has 3 nitrogen and oxygen atoms in total. The zero-order valence-electron chi connectivity index (χ0n) is 9.21. The van der Waals surface area contributed by atoms with Gasteiger partial charge in [0, 0.05) is 24.4 Å². The molecule has 1 unspecified atom stereocenters. The molecule has 3 rings (SSSR count). The van der Waals surface area contributed by atoms with Gasteiger partial charge in [-0.25, -0.2) is 0 Å². The molecular weight excluding hydrogens is 212 g/mol. The summed E-state index contributed by atoms with van der Waals surface area (Å²) in [5.74, 6) is 0. The van der Waals surface area contributed by atoms with Crippen molar-refractivity contribution in [3.63, 3.8) is 0 Å². The Morgan fingerprint density at radius 2 is 1.88 bits per heavy atom. The van der Waals surface area contributed by atoms with Crippen LogP contribution in [0.3, 0.4) is 0 Å². The SMILES string of the molecule is [c]1ccc(C2CC(c3ccncc3)=NO2)cc1. The Bertz CT molecular complexity index is 522. The van der Waals surface area contributed by atoms with Gasteiger partial charge in [0.1, 0.15) is 0 Å². The van der Waals surface area contributed by atoms with Crippen LogP contribution in [-0.2, 0) is 4.84 Å². The minimum Gasteiger partial charge on any atom is -0.387 e. The van der Waals surface area contributed by atoms with Gasteiger partial charge in [-0.2, -0.15) is 0 Å². The Morgan fingerprint density at radius 3 is 2.65 bits per heavy atom. The zero-order valence-corrected chi connectivity index (χ0v) is 9.21. The average Bonchev–Trinajstić information content (AvgIpc) is 2.90. The van der Waals surface area contributed by atoms with Gasteiger partial charge >= 0.3 is 0 Å². The van der Waals surface area contributed by atoms with Crippen molar-refractivity contribution < 1.29 is 4.84 Å².